The van der Waals surface area contributed by atoms with Gasteiger partial charge in [0.05, 0.1) is 12.5 Å². The number of carbonyl (C=O) groups is 5. The molecule has 0 fully saturated rings. The lowest BCUT2D eigenvalue weighted by Crippen LogP contribution is -2.58. The first-order valence-corrected chi connectivity index (χ1v) is 11.5. The number of amides is 3. The van der Waals surface area contributed by atoms with Gasteiger partial charge in [-0.25, -0.2) is 0 Å². The van der Waals surface area contributed by atoms with Crippen molar-refractivity contribution < 1.29 is 44.4 Å². The number of carboxylic acids is 2. The monoisotopic (exact) mass is 530 g/mol. The molecule has 4 unspecified atom stereocenters. The van der Waals surface area contributed by atoms with Crippen molar-refractivity contribution in [1.82, 2.24) is 16.0 Å². The first-order chi connectivity index (χ1) is 17.8. The Labute approximate surface area is 217 Å². The Bertz CT molecular complexity index is 1150. The number of rotatable bonds is 13. The van der Waals surface area contributed by atoms with Crippen LogP contribution < -0.4 is 21.7 Å². The summed E-state index contributed by atoms with van der Waals surface area (Å²) in [4.78, 5) is 61.0. The van der Waals surface area contributed by atoms with Crippen LogP contribution in [0.25, 0.3) is 0 Å². The summed E-state index contributed by atoms with van der Waals surface area (Å²) < 4.78 is 0. The maximum absolute atomic E-state index is 13.0. The minimum Gasteiger partial charge on any atom is -0.508 e. The number of phenols is 2. The van der Waals surface area contributed by atoms with E-state index in [0.717, 1.165) is 0 Å². The second-order valence-corrected chi connectivity index (χ2v) is 8.64. The van der Waals surface area contributed by atoms with E-state index in [2.05, 4.69) is 16.0 Å². The van der Waals surface area contributed by atoms with Gasteiger partial charge < -0.3 is 42.1 Å². The van der Waals surface area contributed by atoms with Gasteiger partial charge in [0.25, 0.3) is 0 Å². The van der Waals surface area contributed by atoms with E-state index in [0.29, 0.717) is 11.1 Å². The number of hydrogen-bond donors (Lipinski definition) is 8. The molecule has 4 atom stereocenters. The summed E-state index contributed by atoms with van der Waals surface area (Å²) in [6.07, 6.45) is -0.909. The Balaban J connectivity index is 2.18. The Hall–Kier alpha value is -4.65. The van der Waals surface area contributed by atoms with Crippen LogP contribution in [0.1, 0.15) is 24.5 Å². The molecule has 204 valence electrons. The van der Waals surface area contributed by atoms with Gasteiger partial charge in [0.15, 0.2) is 0 Å². The summed E-state index contributed by atoms with van der Waals surface area (Å²) >= 11 is 0. The fourth-order valence-corrected chi connectivity index (χ4v) is 3.37. The number of phenolic OH excluding ortho intramolecular Hbond substituents is 2. The smallest absolute Gasteiger partial charge is 0.325 e. The molecule has 0 aliphatic heterocycles. The maximum atomic E-state index is 13.0. The first kappa shape index (κ1) is 29.6. The van der Waals surface area contributed by atoms with Gasteiger partial charge in [-0.05, 0) is 48.7 Å². The number of aliphatic carboxylic acids is 2. The van der Waals surface area contributed by atoms with Gasteiger partial charge in [0.1, 0.15) is 29.6 Å². The van der Waals surface area contributed by atoms with E-state index in [1.807, 2.05) is 0 Å². The average Bonchev–Trinajstić information content (AvgIpc) is 2.85. The molecule has 0 heterocycles. The number of nitrogens with one attached hydrogen (secondary N) is 3. The van der Waals surface area contributed by atoms with E-state index in [1.165, 1.54) is 43.3 Å². The van der Waals surface area contributed by atoms with E-state index >= 15 is 0 Å². The van der Waals surface area contributed by atoms with Crippen LogP contribution in [0.3, 0.4) is 0 Å². The zero-order chi connectivity index (χ0) is 28.4. The average molecular weight is 531 g/mol. The number of aromatic hydroxyl groups is 2. The van der Waals surface area contributed by atoms with Crippen LogP contribution in [0, 0.1) is 0 Å². The lowest BCUT2D eigenvalue weighted by Gasteiger charge is -2.24. The summed E-state index contributed by atoms with van der Waals surface area (Å²) in [7, 11) is 0. The fraction of sp³-hybridized carbons (Fsp3) is 0.320. The highest BCUT2D eigenvalue weighted by Crippen LogP contribution is 2.13. The molecular weight excluding hydrogens is 500 g/mol. The Morgan fingerprint density at radius 3 is 1.63 bits per heavy atom. The van der Waals surface area contributed by atoms with Gasteiger partial charge in [-0.2, -0.15) is 0 Å². The summed E-state index contributed by atoms with van der Waals surface area (Å²) in [5, 5.41) is 44.2. The van der Waals surface area contributed by atoms with Crippen molar-refractivity contribution in [2.45, 2.75) is 50.4 Å². The van der Waals surface area contributed by atoms with Gasteiger partial charge in [-0.1, -0.05) is 24.3 Å². The van der Waals surface area contributed by atoms with Crippen molar-refractivity contribution in [1.29, 1.82) is 0 Å². The van der Waals surface area contributed by atoms with Crippen LogP contribution >= 0.6 is 0 Å². The molecule has 0 aliphatic rings. The molecule has 2 rings (SSSR count). The lowest BCUT2D eigenvalue weighted by molar-refractivity contribution is -0.143. The molecule has 9 N–H and O–H groups in total. The standard InChI is InChI=1S/C25H30N4O9/c1-13(25(37)38)27-23(35)19(11-15-4-8-17(31)9-5-15)29-24(36)20(12-21(32)33)28-22(34)18(26)10-14-2-6-16(30)7-3-14/h2-9,13,18-20,30-31H,10-12,26H2,1H3,(H,27,35)(H,28,34)(H,29,36)(H,32,33)(H,37,38). The predicted octanol–water partition coefficient (Wildman–Crippen LogP) is -0.756. The van der Waals surface area contributed by atoms with Crippen LogP contribution in [0.2, 0.25) is 0 Å². The minimum atomic E-state index is -1.60. The number of carboxylic acid groups (broad SMARTS) is 2. The quantitative estimate of drug-likeness (QED) is 0.161. The Morgan fingerprint density at radius 2 is 1.16 bits per heavy atom. The van der Waals surface area contributed by atoms with Crippen LogP contribution in [-0.4, -0.2) is 74.3 Å². The van der Waals surface area contributed by atoms with Crippen molar-refractivity contribution in [2.24, 2.45) is 5.73 Å². The molecule has 2 aromatic rings. The SMILES string of the molecule is CC(NC(=O)C(Cc1ccc(O)cc1)NC(=O)C(CC(=O)O)NC(=O)C(N)Cc1ccc(O)cc1)C(=O)O. The zero-order valence-electron chi connectivity index (χ0n) is 20.5. The molecule has 0 aromatic heterocycles. The van der Waals surface area contributed by atoms with Crippen molar-refractivity contribution in [3.8, 4) is 11.5 Å². The van der Waals surface area contributed by atoms with Gasteiger partial charge in [0, 0.05) is 6.42 Å². The predicted molar refractivity (Wildman–Crippen MR) is 133 cm³/mol. The number of nitrogens with two attached hydrogens (primary N) is 1. The van der Waals surface area contributed by atoms with Crippen LogP contribution in [-0.2, 0) is 36.8 Å². The normalized spacial score (nSPS) is 13.8. The summed E-state index contributed by atoms with van der Waals surface area (Å²) in [5.74, 6) is -5.41. The maximum Gasteiger partial charge on any atom is 0.325 e. The molecule has 0 radical (unpaired) electrons. The van der Waals surface area contributed by atoms with Crippen LogP contribution in [0.4, 0.5) is 0 Å². The molecule has 0 aliphatic carbocycles. The van der Waals surface area contributed by atoms with E-state index in [9.17, 15) is 39.3 Å². The zero-order valence-corrected chi connectivity index (χ0v) is 20.5. The number of carbonyl (C=O) groups excluding carboxylic acids is 3. The van der Waals surface area contributed by atoms with Crippen LogP contribution in [0.5, 0.6) is 11.5 Å². The summed E-state index contributed by atoms with van der Waals surface area (Å²) in [6, 6.07) is 6.22. The van der Waals surface area contributed by atoms with Crippen molar-refractivity contribution in [2.75, 3.05) is 0 Å². The molecule has 13 heteroatoms. The van der Waals surface area contributed by atoms with E-state index in [-0.39, 0.29) is 24.3 Å². The van der Waals surface area contributed by atoms with Crippen molar-refractivity contribution in [3.05, 3.63) is 59.7 Å². The molecule has 38 heavy (non-hydrogen) atoms. The minimum absolute atomic E-state index is 0.0219. The molecular formula is C25H30N4O9. The summed E-state index contributed by atoms with van der Waals surface area (Å²) in [6.45, 7) is 1.22. The highest BCUT2D eigenvalue weighted by molar-refractivity contribution is 5.95. The Morgan fingerprint density at radius 1 is 0.711 bits per heavy atom. The molecule has 0 saturated heterocycles. The van der Waals surface area contributed by atoms with Crippen molar-refractivity contribution in [3.63, 3.8) is 0 Å². The third-order valence-electron chi connectivity index (χ3n) is 5.48. The van der Waals surface area contributed by atoms with Crippen molar-refractivity contribution >= 4 is 29.7 Å². The second kappa shape index (κ2) is 13.6. The molecule has 2 aromatic carbocycles. The number of hydrogen-bond acceptors (Lipinski definition) is 8. The molecule has 0 saturated carbocycles. The second-order valence-electron chi connectivity index (χ2n) is 8.64. The largest absolute Gasteiger partial charge is 0.508 e. The fourth-order valence-electron chi connectivity index (χ4n) is 3.37. The highest BCUT2D eigenvalue weighted by atomic mass is 16.4. The molecule has 0 spiro atoms. The van der Waals surface area contributed by atoms with Crippen LogP contribution in [0.15, 0.2) is 48.5 Å². The van der Waals surface area contributed by atoms with E-state index in [1.54, 1.807) is 12.1 Å². The third-order valence-corrected chi connectivity index (χ3v) is 5.48. The third kappa shape index (κ3) is 9.43. The molecule has 13 nitrogen and oxygen atoms in total. The van der Waals surface area contributed by atoms with Gasteiger partial charge in [-0.15, -0.1) is 0 Å². The molecule has 3 amide bonds. The highest BCUT2D eigenvalue weighted by Gasteiger charge is 2.31. The molecule has 0 bridgehead atoms. The summed E-state index contributed by atoms with van der Waals surface area (Å²) in [5.41, 5.74) is 7.03. The first-order valence-electron chi connectivity index (χ1n) is 11.5. The topological polar surface area (TPSA) is 228 Å². The van der Waals surface area contributed by atoms with Gasteiger partial charge in [0.2, 0.25) is 17.7 Å². The Kier molecular flexibility index (Phi) is 10.6. The number of benzene rings is 2. The van der Waals surface area contributed by atoms with Gasteiger partial charge in [-0.3, -0.25) is 24.0 Å². The van der Waals surface area contributed by atoms with E-state index in [4.69, 9.17) is 10.8 Å². The van der Waals surface area contributed by atoms with Gasteiger partial charge >= 0.3 is 11.9 Å². The lowest BCUT2D eigenvalue weighted by atomic mass is 10.0. The van der Waals surface area contributed by atoms with E-state index < -0.39 is 60.2 Å².